The summed E-state index contributed by atoms with van der Waals surface area (Å²) >= 11 is 1.32. The van der Waals surface area contributed by atoms with Gasteiger partial charge in [-0.2, -0.15) is 0 Å². The monoisotopic (exact) mass is 314 g/mol. The Hall–Kier alpha value is -1.98. The first-order valence-electron chi connectivity index (χ1n) is 7.25. The highest BCUT2D eigenvalue weighted by atomic mass is 32.1. The van der Waals surface area contributed by atoms with Crippen molar-refractivity contribution in [2.75, 3.05) is 13.1 Å². The summed E-state index contributed by atoms with van der Waals surface area (Å²) in [5.74, 6) is 0.111. The molecule has 1 aliphatic rings. The van der Waals surface area contributed by atoms with Crippen molar-refractivity contribution >= 4 is 23.0 Å². The molecule has 0 radical (unpaired) electrons. The second-order valence-corrected chi connectivity index (χ2v) is 6.56. The zero-order valence-electron chi connectivity index (χ0n) is 12.4. The SMILES string of the molecule is CC(=O)c1csc(C(=O)N2C[C@@H](N)[C@H](c3ccccc3)C2)c1. The number of carbonyl (C=O) groups is 2. The molecule has 2 aromatic rings. The number of rotatable bonds is 3. The van der Waals surface area contributed by atoms with Gasteiger partial charge in [0, 0.05) is 36.0 Å². The third kappa shape index (κ3) is 2.82. The molecular formula is C17H18N2O2S. The van der Waals surface area contributed by atoms with Gasteiger partial charge < -0.3 is 10.6 Å². The fourth-order valence-corrected chi connectivity index (χ4v) is 3.75. The summed E-state index contributed by atoms with van der Waals surface area (Å²) in [6.07, 6.45) is 0. The van der Waals surface area contributed by atoms with E-state index in [1.54, 1.807) is 16.3 Å². The third-order valence-corrected chi connectivity index (χ3v) is 5.02. The van der Waals surface area contributed by atoms with E-state index in [1.165, 1.54) is 23.8 Å². The minimum Gasteiger partial charge on any atom is -0.336 e. The van der Waals surface area contributed by atoms with E-state index < -0.39 is 0 Å². The van der Waals surface area contributed by atoms with Crippen molar-refractivity contribution in [1.82, 2.24) is 4.90 Å². The van der Waals surface area contributed by atoms with E-state index in [0.717, 1.165) is 0 Å². The molecular weight excluding hydrogens is 296 g/mol. The number of hydrogen-bond donors (Lipinski definition) is 1. The van der Waals surface area contributed by atoms with E-state index in [0.29, 0.717) is 23.5 Å². The van der Waals surface area contributed by atoms with E-state index in [9.17, 15) is 9.59 Å². The molecule has 0 aliphatic carbocycles. The van der Waals surface area contributed by atoms with Gasteiger partial charge in [0.2, 0.25) is 0 Å². The molecule has 1 aliphatic heterocycles. The predicted octanol–water partition coefficient (Wildman–Crippen LogP) is 2.52. The van der Waals surface area contributed by atoms with Gasteiger partial charge in [-0.05, 0) is 18.6 Å². The van der Waals surface area contributed by atoms with Gasteiger partial charge in [-0.1, -0.05) is 30.3 Å². The summed E-state index contributed by atoms with van der Waals surface area (Å²) in [7, 11) is 0. The summed E-state index contributed by atoms with van der Waals surface area (Å²) < 4.78 is 0. The summed E-state index contributed by atoms with van der Waals surface area (Å²) in [6, 6.07) is 11.7. The number of likely N-dealkylation sites (tertiary alicyclic amines) is 1. The number of ketones is 1. The molecule has 3 rings (SSSR count). The number of nitrogens with zero attached hydrogens (tertiary/aromatic N) is 1. The molecule has 1 aromatic carbocycles. The van der Waals surface area contributed by atoms with Gasteiger partial charge in [-0.3, -0.25) is 9.59 Å². The van der Waals surface area contributed by atoms with Gasteiger partial charge in [-0.25, -0.2) is 0 Å². The first-order chi connectivity index (χ1) is 10.6. The predicted molar refractivity (Wildman–Crippen MR) is 87.4 cm³/mol. The van der Waals surface area contributed by atoms with Crippen LogP contribution in [0.2, 0.25) is 0 Å². The van der Waals surface area contributed by atoms with Crippen LogP contribution >= 0.6 is 11.3 Å². The molecule has 0 saturated carbocycles. The molecule has 4 nitrogen and oxygen atoms in total. The normalized spacial score (nSPS) is 21.1. The fraction of sp³-hybridized carbons (Fsp3) is 0.294. The van der Waals surface area contributed by atoms with Crippen molar-refractivity contribution in [3.8, 4) is 0 Å². The Bertz CT molecular complexity index is 696. The summed E-state index contributed by atoms with van der Waals surface area (Å²) in [5, 5.41) is 1.74. The first kappa shape index (κ1) is 14.9. The summed E-state index contributed by atoms with van der Waals surface area (Å²) in [6.45, 7) is 2.68. The molecule has 2 heterocycles. The Morgan fingerprint density at radius 2 is 1.95 bits per heavy atom. The van der Waals surface area contributed by atoms with Crippen molar-refractivity contribution < 1.29 is 9.59 Å². The first-order valence-corrected chi connectivity index (χ1v) is 8.13. The van der Waals surface area contributed by atoms with Gasteiger partial charge in [0.15, 0.2) is 5.78 Å². The molecule has 0 unspecified atom stereocenters. The highest BCUT2D eigenvalue weighted by Gasteiger charge is 2.34. The largest absolute Gasteiger partial charge is 0.336 e. The van der Waals surface area contributed by atoms with Crippen LogP contribution in [0.25, 0.3) is 0 Å². The van der Waals surface area contributed by atoms with Crippen LogP contribution in [-0.2, 0) is 0 Å². The number of thiophene rings is 1. The van der Waals surface area contributed by atoms with Crippen LogP contribution in [0.1, 0.15) is 38.4 Å². The number of benzene rings is 1. The lowest BCUT2D eigenvalue weighted by molar-refractivity contribution is 0.0794. The maximum absolute atomic E-state index is 12.6. The highest BCUT2D eigenvalue weighted by molar-refractivity contribution is 7.12. The Morgan fingerprint density at radius 3 is 2.59 bits per heavy atom. The molecule has 1 fully saturated rings. The lowest BCUT2D eigenvalue weighted by atomic mass is 9.95. The van der Waals surface area contributed by atoms with Crippen molar-refractivity contribution in [3.05, 3.63) is 57.8 Å². The van der Waals surface area contributed by atoms with Crippen molar-refractivity contribution in [3.63, 3.8) is 0 Å². The maximum atomic E-state index is 12.6. The molecule has 0 spiro atoms. The molecule has 22 heavy (non-hydrogen) atoms. The molecule has 1 saturated heterocycles. The van der Waals surface area contributed by atoms with Crippen molar-refractivity contribution in [2.45, 2.75) is 18.9 Å². The Morgan fingerprint density at radius 1 is 1.23 bits per heavy atom. The van der Waals surface area contributed by atoms with Gasteiger partial charge in [0.05, 0.1) is 4.88 Å². The van der Waals surface area contributed by atoms with E-state index >= 15 is 0 Å². The number of amides is 1. The van der Waals surface area contributed by atoms with Gasteiger partial charge in [-0.15, -0.1) is 11.3 Å². The zero-order chi connectivity index (χ0) is 15.7. The molecule has 0 bridgehead atoms. The smallest absolute Gasteiger partial charge is 0.264 e. The Balaban J connectivity index is 1.76. The fourth-order valence-electron chi connectivity index (χ4n) is 2.84. The van der Waals surface area contributed by atoms with Gasteiger partial charge in [0.25, 0.3) is 5.91 Å². The minimum atomic E-state index is -0.0569. The lowest BCUT2D eigenvalue weighted by Gasteiger charge is -2.15. The average Bonchev–Trinajstić information content (AvgIpc) is 3.14. The van der Waals surface area contributed by atoms with Crippen molar-refractivity contribution in [1.29, 1.82) is 0 Å². The molecule has 2 atom stereocenters. The highest BCUT2D eigenvalue weighted by Crippen LogP contribution is 2.28. The standard InChI is InChI=1S/C17H18N2O2S/c1-11(20)13-7-16(22-10-13)17(21)19-8-14(15(18)9-19)12-5-3-2-4-6-12/h2-7,10,14-15H,8-9,18H2,1H3/t14-,15+/m0/s1. The Kier molecular flexibility index (Phi) is 4.09. The van der Waals surface area contributed by atoms with Crippen LogP contribution in [0.3, 0.4) is 0 Å². The molecule has 114 valence electrons. The second kappa shape index (κ2) is 6.02. The lowest BCUT2D eigenvalue weighted by Crippen LogP contribution is -2.31. The molecule has 2 N–H and O–H groups in total. The molecule has 1 aromatic heterocycles. The Labute approximate surface area is 133 Å². The van der Waals surface area contributed by atoms with E-state index in [2.05, 4.69) is 12.1 Å². The molecule has 1 amide bonds. The minimum absolute atomic E-state index is 0.0180. The van der Waals surface area contributed by atoms with Crippen LogP contribution in [0.5, 0.6) is 0 Å². The van der Waals surface area contributed by atoms with Gasteiger partial charge in [0.1, 0.15) is 0 Å². The van der Waals surface area contributed by atoms with Crippen LogP contribution in [0.4, 0.5) is 0 Å². The summed E-state index contributed by atoms with van der Waals surface area (Å²) in [5.41, 5.74) is 7.99. The van der Waals surface area contributed by atoms with E-state index in [4.69, 9.17) is 5.73 Å². The van der Waals surface area contributed by atoms with Crippen LogP contribution in [0.15, 0.2) is 41.8 Å². The van der Waals surface area contributed by atoms with Crippen LogP contribution < -0.4 is 5.73 Å². The van der Waals surface area contributed by atoms with E-state index in [-0.39, 0.29) is 23.7 Å². The van der Waals surface area contributed by atoms with Crippen LogP contribution in [0, 0.1) is 0 Å². The second-order valence-electron chi connectivity index (χ2n) is 5.65. The number of hydrogen-bond acceptors (Lipinski definition) is 4. The average molecular weight is 314 g/mol. The number of carbonyl (C=O) groups excluding carboxylic acids is 2. The molecule has 5 heteroatoms. The van der Waals surface area contributed by atoms with Crippen molar-refractivity contribution in [2.24, 2.45) is 5.73 Å². The van der Waals surface area contributed by atoms with Crippen LogP contribution in [-0.4, -0.2) is 35.7 Å². The third-order valence-electron chi connectivity index (χ3n) is 4.10. The summed E-state index contributed by atoms with van der Waals surface area (Å²) in [4.78, 5) is 26.3. The number of nitrogens with two attached hydrogens (primary N) is 1. The van der Waals surface area contributed by atoms with E-state index in [1.807, 2.05) is 18.2 Å². The number of Topliss-reactive ketones (excluding diaryl/α,β-unsaturated/α-hetero) is 1. The topological polar surface area (TPSA) is 63.4 Å². The van der Waals surface area contributed by atoms with Gasteiger partial charge >= 0.3 is 0 Å². The maximum Gasteiger partial charge on any atom is 0.264 e. The quantitative estimate of drug-likeness (QED) is 0.886. The zero-order valence-corrected chi connectivity index (χ0v) is 13.2.